The molecular weight excluding hydrogens is 236 g/mol. The number of alkyl carbamates (subject to hydrolysis) is 1. The lowest BCUT2D eigenvalue weighted by Crippen LogP contribution is -2.49. The molecule has 2 fully saturated rings. The van der Waals surface area contributed by atoms with Crippen LogP contribution in [0, 0.1) is 0 Å². The van der Waals surface area contributed by atoms with Gasteiger partial charge in [0.15, 0.2) is 0 Å². The van der Waals surface area contributed by atoms with Crippen molar-refractivity contribution in [3.05, 3.63) is 0 Å². The first-order valence-electron chi connectivity index (χ1n) is 6.30. The third-order valence-corrected chi connectivity index (χ3v) is 3.09. The van der Waals surface area contributed by atoms with Crippen LogP contribution in [0.4, 0.5) is 9.59 Å². The van der Waals surface area contributed by atoms with Crippen molar-refractivity contribution in [1.29, 1.82) is 0 Å². The fraction of sp³-hybridized carbons (Fsp3) is 0.833. The van der Waals surface area contributed by atoms with E-state index in [0.717, 1.165) is 12.8 Å². The first-order valence-corrected chi connectivity index (χ1v) is 6.30. The minimum absolute atomic E-state index is 0.0219. The number of hydrogen-bond donors (Lipinski definition) is 1. The Hall–Kier alpha value is -1.46. The average molecular weight is 256 g/mol. The molecule has 102 valence electrons. The monoisotopic (exact) mass is 256 g/mol. The molecule has 2 atom stereocenters. The zero-order valence-electron chi connectivity index (χ0n) is 11.1. The Bertz CT molecular complexity index is 350. The predicted octanol–water partition coefficient (Wildman–Crippen LogP) is 1.49. The molecule has 0 aromatic rings. The summed E-state index contributed by atoms with van der Waals surface area (Å²) < 4.78 is 10.2. The lowest BCUT2D eigenvalue weighted by molar-refractivity contribution is 0.0198. The highest BCUT2D eigenvalue weighted by molar-refractivity contribution is 5.71. The highest BCUT2D eigenvalue weighted by Crippen LogP contribution is 2.24. The maximum absolute atomic E-state index is 12.1. The number of carbonyl (C=O) groups excluding carboxylic acids is 2. The number of nitrogens with one attached hydrogen (secondary N) is 1. The molecule has 0 radical (unpaired) electrons. The number of carbonyl (C=O) groups is 2. The van der Waals surface area contributed by atoms with Gasteiger partial charge in [-0.25, -0.2) is 9.59 Å². The molecule has 0 aliphatic carbocycles. The molecule has 0 spiro atoms. The second-order valence-electron chi connectivity index (χ2n) is 5.73. The van der Waals surface area contributed by atoms with E-state index in [0.29, 0.717) is 13.2 Å². The van der Waals surface area contributed by atoms with Crippen LogP contribution in [0.3, 0.4) is 0 Å². The fourth-order valence-electron chi connectivity index (χ4n) is 2.37. The van der Waals surface area contributed by atoms with Gasteiger partial charge in [0.25, 0.3) is 0 Å². The molecule has 1 N–H and O–H groups in total. The molecule has 6 nitrogen and oxygen atoms in total. The standard InChI is InChI=1S/C12H20N2O4/c1-12(2,3)18-11(16)14-6-4-5-9(14)8-7-17-10(15)13-8/h8-9H,4-7H2,1-3H3,(H,13,15). The van der Waals surface area contributed by atoms with Crippen molar-refractivity contribution >= 4 is 12.2 Å². The summed E-state index contributed by atoms with van der Waals surface area (Å²) in [6.07, 6.45) is 1.08. The minimum Gasteiger partial charge on any atom is -0.447 e. The summed E-state index contributed by atoms with van der Waals surface area (Å²) in [5.74, 6) is 0. The molecule has 2 saturated heterocycles. The summed E-state index contributed by atoms with van der Waals surface area (Å²) in [6, 6.07) is -0.140. The van der Waals surface area contributed by atoms with Gasteiger partial charge >= 0.3 is 12.2 Å². The molecule has 18 heavy (non-hydrogen) atoms. The summed E-state index contributed by atoms with van der Waals surface area (Å²) in [7, 11) is 0. The highest BCUT2D eigenvalue weighted by Gasteiger charge is 2.40. The van der Waals surface area contributed by atoms with Crippen LogP contribution >= 0.6 is 0 Å². The van der Waals surface area contributed by atoms with Crippen molar-refractivity contribution in [2.75, 3.05) is 13.2 Å². The van der Waals surface area contributed by atoms with Crippen LogP contribution in [-0.2, 0) is 9.47 Å². The second kappa shape index (κ2) is 4.66. The number of hydrogen-bond acceptors (Lipinski definition) is 4. The number of rotatable bonds is 1. The molecular formula is C12H20N2O4. The quantitative estimate of drug-likeness (QED) is 0.772. The number of ether oxygens (including phenoxy) is 2. The molecule has 2 heterocycles. The largest absolute Gasteiger partial charge is 0.447 e. The van der Waals surface area contributed by atoms with Gasteiger partial charge in [-0.05, 0) is 33.6 Å². The SMILES string of the molecule is CC(C)(C)OC(=O)N1CCCC1C1COC(=O)N1. The Morgan fingerprint density at radius 1 is 1.50 bits per heavy atom. The lowest BCUT2D eigenvalue weighted by atomic mass is 10.1. The second-order valence-corrected chi connectivity index (χ2v) is 5.73. The van der Waals surface area contributed by atoms with Crippen molar-refractivity contribution < 1.29 is 19.1 Å². The summed E-state index contributed by atoms with van der Waals surface area (Å²) in [4.78, 5) is 24.8. The number of likely N-dealkylation sites (tertiary alicyclic amines) is 1. The smallest absolute Gasteiger partial charge is 0.410 e. The van der Waals surface area contributed by atoms with Gasteiger partial charge in [0, 0.05) is 6.54 Å². The zero-order chi connectivity index (χ0) is 13.3. The van der Waals surface area contributed by atoms with Crippen molar-refractivity contribution in [1.82, 2.24) is 10.2 Å². The van der Waals surface area contributed by atoms with Crippen LogP contribution in [0.5, 0.6) is 0 Å². The Morgan fingerprint density at radius 2 is 2.22 bits per heavy atom. The van der Waals surface area contributed by atoms with Gasteiger partial charge in [-0.15, -0.1) is 0 Å². The zero-order valence-corrected chi connectivity index (χ0v) is 11.1. The Labute approximate surface area is 107 Å². The minimum atomic E-state index is -0.500. The molecule has 2 aliphatic rings. The van der Waals surface area contributed by atoms with Crippen molar-refractivity contribution in [3.63, 3.8) is 0 Å². The van der Waals surface area contributed by atoms with E-state index < -0.39 is 11.7 Å². The number of cyclic esters (lactones) is 1. The Morgan fingerprint density at radius 3 is 2.78 bits per heavy atom. The van der Waals surface area contributed by atoms with E-state index in [1.54, 1.807) is 4.90 Å². The van der Waals surface area contributed by atoms with Gasteiger partial charge in [-0.2, -0.15) is 0 Å². The topological polar surface area (TPSA) is 67.9 Å². The van der Waals surface area contributed by atoms with Crippen molar-refractivity contribution in [2.24, 2.45) is 0 Å². The van der Waals surface area contributed by atoms with E-state index in [9.17, 15) is 9.59 Å². The van der Waals surface area contributed by atoms with Crippen LogP contribution in [0.15, 0.2) is 0 Å². The van der Waals surface area contributed by atoms with E-state index in [1.165, 1.54) is 0 Å². The third-order valence-electron chi connectivity index (χ3n) is 3.09. The normalized spacial score (nSPS) is 27.9. The summed E-state index contributed by atoms with van der Waals surface area (Å²) in [5, 5.41) is 2.73. The molecule has 0 aromatic heterocycles. The first kappa shape index (κ1) is 13.0. The molecule has 2 rings (SSSR count). The third kappa shape index (κ3) is 2.86. The molecule has 0 saturated carbocycles. The van der Waals surface area contributed by atoms with Crippen LogP contribution in [-0.4, -0.2) is 47.9 Å². The fourth-order valence-corrected chi connectivity index (χ4v) is 2.37. The van der Waals surface area contributed by atoms with Crippen molar-refractivity contribution in [2.45, 2.75) is 51.3 Å². The highest BCUT2D eigenvalue weighted by atomic mass is 16.6. The van der Waals surface area contributed by atoms with Gasteiger partial charge in [0.05, 0.1) is 12.1 Å². The molecule has 6 heteroatoms. The summed E-state index contributed by atoms with van der Waals surface area (Å²) in [6.45, 7) is 6.53. The first-order chi connectivity index (χ1) is 8.37. The van der Waals surface area contributed by atoms with Gasteiger partial charge in [0.2, 0.25) is 0 Å². The lowest BCUT2D eigenvalue weighted by Gasteiger charge is -2.30. The van der Waals surface area contributed by atoms with Crippen molar-refractivity contribution in [3.8, 4) is 0 Å². The van der Waals surface area contributed by atoms with Crippen LogP contribution < -0.4 is 5.32 Å². The van der Waals surface area contributed by atoms with E-state index in [2.05, 4.69) is 5.32 Å². The Kier molecular flexibility index (Phi) is 3.36. The van der Waals surface area contributed by atoms with E-state index in [1.807, 2.05) is 20.8 Å². The average Bonchev–Trinajstić information content (AvgIpc) is 2.81. The molecule has 2 aliphatic heterocycles. The summed E-state index contributed by atoms with van der Waals surface area (Å²) in [5.41, 5.74) is -0.500. The van der Waals surface area contributed by atoms with Crippen LogP contribution in [0.25, 0.3) is 0 Å². The number of nitrogens with zero attached hydrogens (tertiary/aromatic N) is 1. The number of amides is 2. The maximum atomic E-state index is 12.1. The molecule has 0 aromatic carbocycles. The summed E-state index contributed by atoms with van der Waals surface area (Å²) >= 11 is 0. The Balaban J connectivity index is 1.99. The molecule has 2 unspecified atom stereocenters. The van der Waals surface area contributed by atoms with E-state index in [-0.39, 0.29) is 18.2 Å². The van der Waals surface area contributed by atoms with E-state index >= 15 is 0 Å². The predicted molar refractivity (Wildman–Crippen MR) is 64.2 cm³/mol. The van der Waals surface area contributed by atoms with Gasteiger partial charge in [0.1, 0.15) is 12.2 Å². The van der Waals surface area contributed by atoms with E-state index in [4.69, 9.17) is 9.47 Å². The van der Waals surface area contributed by atoms with Gasteiger partial charge in [-0.3, -0.25) is 0 Å². The van der Waals surface area contributed by atoms with Gasteiger partial charge in [-0.1, -0.05) is 0 Å². The van der Waals surface area contributed by atoms with Crippen LogP contribution in [0.1, 0.15) is 33.6 Å². The van der Waals surface area contributed by atoms with Gasteiger partial charge < -0.3 is 19.7 Å². The van der Waals surface area contributed by atoms with Crippen LogP contribution in [0.2, 0.25) is 0 Å². The molecule has 2 amide bonds. The maximum Gasteiger partial charge on any atom is 0.410 e. The molecule has 0 bridgehead atoms.